The van der Waals surface area contributed by atoms with Crippen molar-refractivity contribution in [1.29, 1.82) is 0 Å². The zero-order valence-electron chi connectivity index (χ0n) is 13.4. The Kier molecular flexibility index (Phi) is 6.06. The first-order chi connectivity index (χ1) is 9.97. The van der Waals surface area contributed by atoms with Crippen LogP contribution in [-0.4, -0.2) is 49.6 Å². The number of hydrogen-bond donors (Lipinski definition) is 1. The zero-order valence-corrected chi connectivity index (χ0v) is 14.2. The number of likely N-dealkylation sites (N-methyl/N-ethyl adjacent to an activating group) is 1. The van der Waals surface area contributed by atoms with Crippen molar-refractivity contribution in [3.05, 3.63) is 34.9 Å². The molecule has 1 heterocycles. The lowest BCUT2D eigenvalue weighted by Gasteiger charge is -2.36. The molecule has 1 aliphatic rings. The highest BCUT2D eigenvalue weighted by atomic mass is 35.5. The zero-order chi connectivity index (χ0) is 15.4. The summed E-state index contributed by atoms with van der Waals surface area (Å²) in [5.41, 5.74) is 7.51. The number of piperidine rings is 1. The minimum absolute atomic E-state index is 0.0995. The summed E-state index contributed by atoms with van der Waals surface area (Å²) in [4.78, 5) is 4.84. The SMILES string of the molecule is CC(N)C(c1ccc(Cl)cc1)N(C)CC1CCN(C)CC1. The third-order valence-corrected chi connectivity index (χ3v) is 4.82. The number of likely N-dealkylation sites (tertiary alicyclic amines) is 1. The van der Waals surface area contributed by atoms with E-state index in [0.717, 1.165) is 17.5 Å². The van der Waals surface area contributed by atoms with Crippen molar-refractivity contribution in [3.8, 4) is 0 Å². The van der Waals surface area contributed by atoms with Crippen molar-refractivity contribution < 1.29 is 0 Å². The van der Waals surface area contributed by atoms with E-state index in [4.69, 9.17) is 17.3 Å². The van der Waals surface area contributed by atoms with Gasteiger partial charge in [-0.1, -0.05) is 23.7 Å². The molecular formula is C17H28ClN3. The third-order valence-electron chi connectivity index (χ3n) is 4.57. The Morgan fingerprint density at radius 2 is 1.86 bits per heavy atom. The van der Waals surface area contributed by atoms with E-state index in [1.165, 1.54) is 31.5 Å². The Hall–Kier alpha value is -0.610. The summed E-state index contributed by atoms with van der Waals surface area (Å²) in [5, 5.41) is 0.778. The Bertz CT molecular complexity index is 424. The largest absolute Gasteiger partial charge is 0.326 e. The Morgan fingerprint density at radius 1 is 1.29 bits per heavy atom. The highest BCUT2D eigenvalue weighted by molar-refractivity contribution is 6.30. The molecule has 1 aromatic carbocycles. The second-order valence-corrected chi connectivity index (χ2v) is 6.98. The van der Waals surface area contributed by atoms with Gasteiger partial charge in [-0.25, -0.2) is 0 Å². The van der Waals surface area contributed by atoms with Crippen LogP contribution in [0.2, 0.25) is 5.02 Å². The monoisotopic (exact) mass is 309 g/mol. The van der Waals surface area contributed by atoms with E-state index < -0.39 is 0 Å². The van der Waals surface area contributed by atoms with Gasteiger partial charge in [0.05, 0.1) is 0 Å². The summed E-state index contributed by atoms with van der Waals surface area (Å²) in [6.45, 7) is 5.62. The maximum absolute atomic E-state index is 6.25. The molecule has 2 atom stereocenters. The summed E-state index contributed by atoms with van der Waals surface area (Å²) in [6.07, 6.45) is 2.57. The van der Waals surface area contributed by atoms with Gasteiger partial charge in [-0.15, -0.1) is 0 Å². The lowest BCUT2D eigenvalue weighted by molar-refractivity contribution is 0.140. The van der Waals surface area contributed by atoms with Crippen LogP contribution in [0.15, 0.2) is 24.3 Å². The summed E-state index contributed by atoms with van der Waals surface area (Å²) in [7, 11) is 4.40. The number of benzene rings is 1. The minimum Gasteiger partial charge on any atom is -0.326 e. The lowest BCUT2D eigenvalue weighted by Crippen LogP contribution is -2.41. The van der Waals surface area contributed by atoms with Crippen molar-refractivity contribution in [2.75, 3.05) is 33.7 Å². The summed E-state index contributed by atoms with van der Waals surface area (Å²) >= 11 is 6.00. The van der Waals surface area contributed by atoms with Gasteiger partial charge in [0, 0.05) is 23.7 Å². The molecule has 1 saturated heterocycles. The van der Waals surface area contributed by atoms with Crippen LogP contribution in [0, 0.1) is 5.92 Å². The molecule has 1 aromatic rings. The summed E-state index contributed by atoms with van der Waals surface area (Å²) in [5.74, 6) is 0.778. The molecule has 0 saturated carbocycles. The van der Waals surface area contributed by atoms with Gasteiger partial charge >= 0.3 is 0 Å². The van der Waals surface area contributed by atoms with Crippen LogP contribution >= 0.6 is 11.6 Å². The predicted molar refractivity (Wildman–Crippen MR) is 90.7 cm³/mol. The van der Waals surface area contributed by atoms with Gasteiger partial charge in [-0.2, -0.15) is 0 Å². The van der Waals surface area contributed by atoms with Gasteiger partial charge in [0.1, 0.15) is 0 Å². The first-order valence-corrected chi connectivity index (χ1v) is 8.25. The van der Waals surface area contributed by atoms with Gasteiger partial charge in [0.15, 0.2) is 0 Å². The third kappa shape index (κ3) is 4.68. The average Bonchev–Trinajstić information content (AvgIpc) is 2.43. The molecule has 0 amide bonds. The summed E-state index contributed by atoms with van der Waals surface area (Å²) in [6, 6.07) is 8.46. The fourth-order valence-corrected chi connectivity index (χ4v) is 3.51. The van der Waals surface area contributed by atoms with Gasteiger partial charge in [-0.3, -0.25) is 4.90 Å². The number of nitrogens with two attached hydrogens (primary N) is 1. The lowest BCUT2D eigenvalue weighted by atomic mass is 9.94. The van der Waals surface area contributed by atoms with Crippen LogP contribution in [0.3, 0.4) is 0 Å². The van der Waals surface area contributed by atoms with E-state index in [9.17, 15) is 0 Å². The van der Waals surface area contributed by atoms with Crippen molar-refractivity contribution >= 4 is 11.6 Å². The molecule has 118 valence electrons. The van der Waals surface area contributed by atoms with E-state index in [-0.39, 0.29) is 12.1 Å². The Morgan fingerprint density at radius 3 is 2.38 bits per heavy atom. The highest BCUT2D eigenvalue weighted by Crippen LogP contribution is 2.26. The molecule has 0 radical (unpaired) electrons. The number of halogens is 1. The second-order valence-electron chi connectivity index (χ2n) is 6.54. The summed E-state index contributed by atoms with van der Waals surface area (Å²) < 4.78 is 0. The first-order valence-electron chi connectivity index (χ1n) is 7.87. The van der Waals surface area contributed by atoms with Crippen molar-refractivity contribution in [1.82, 2.24) is 9.80 Å². The van der Waals surface area contributed by atoms with Crippen molar-refractivity contribution in [2.24, 2.45) is 11.7 Å². The van der Waals surface area contributed by atoms with Crippen molar-refractivity contribution in [2.45, 2.75) is 31.8 Å². The molecule has 2 rings (SSSR count). The average molecular weight is 310 g/mol. The van der Waals surface area contributed by atoms with Crippen LogP contribution in [0.4, 0.5) is 0 Å². The molecule has 0 aliphatic carbocycles. The fourth-order valence-electron chi connectivity index (χ4n) is 3.38. The fraction of sp³-hybridized carbons (Fsp3) is 0.647. The Balaban J connectivity index is 2.02. The topological polar surface area (TPSA) is 32.5 Å². The highest BCUT2D eigenvalue weighted by Gasteiger charge is 2.25. The van der Waals surface area contributed by atoms with E-state index in [1.54, 1.807) is 0 Å². The van der Waals surface area contributed by atoms with Crippen LogP contribution in [0.5, 0.6) is 0 Å². The molecular weight excluding hydrogens is 282 g/mol. The maximum atomic E-state index is 6.25. The second kappa shape index (κ2) is 7.59. The quantitative estimate of drug-likeness (QED) is 0.907. The standard InChI is InChI=1S/C17H28ClN3/c1-13(19)17(15-4-6-16(18)7-5-15)21(3)12-14-8-10-20(2)11-9-14/h4-7,13-14,17H,8-12,19H2,1-3H3. The van der Waals surface area contributed by atoms with E-state index in [1.807, 2.05) is 12.1 Å². The molecule has 4 heteroatoms. The molecule has 0 spiro atoms. The van der Waals surface area contributed by atoms with Crippen LogP contribution in [0.25, 0.3) is 0 Å². The van der Waals surface area contributed by atoms with Gasteiger partial charge in [0.25, 0.3) is 0 Å². The van der Waals surface area contributed by atoms with Crippen molar-refractivity contribution in [3.63, 3.8) is 0 Å². The molecule has 3 nitrogen and oxygen atoms in total. The Labute approximate surface area is 134 Å². The molecule has 0 aromatic heterocycles. The molecule has 2 N–H and O–H groups in total. The van der Waals surface area contributed by atoms with E-state index >= 15 is 0 Å². The number of hydrogen-bond acceptors (Lipinski definition) is 3. The van der Waals surface area contributed by atoms with Crippen LogP contribution in [-0.2, 0) is 0 Å². The van der Waals surface area contributed by atoms with Gasteiger partial charge < -0.3 is 10.6 Å². The molecule has 2 unspecified atom stereocenters. The number of nitrogens with zero attached hydrogens (tertiary/aromatic N) is 2. The first kappa shape index (κ1) is 16.8. The molecule has 21 heavy (non-hydrogen) atoms. The minimum atomic E-state index is 0.0995. The van der Waals surface area contributed by atoms with E-state index in [0.29, 0.717) is 0 Å². The molecule has 1 fully saturated rings. The number of rotatable bonds is 5. The maximum Gasteiger partial charge on any atom is 0.0493 e. The molecule has 1 aliphatic heterocycles. The molecule has 0 bridgehead atoms. The van der Waals surface area contributed by atoms with E-state index in [2.05, 4.69) is 43.0 Å². The van der Waals surface area contributed by atoms with Gasteiger partial charge in [-0.05, 0) is 70.6 Å². The van der Waals surface area contributed by atoms with Gasteiger partial charge in [0.2, 0.25) is 0 Å². The normalized spacial score (nSPS) is 20.7. The predicted octanol–water partition coefficient (Wildman–Crippen LogP) is 3.00. The van der Waals surface area contributed by atoms with Crippen LogP contribution in [0.1, 0.15) is 31.4 Å². The van der Waals surface area contributed by atoms with Crippen LogP contribution < -0.4 is 5.73 Å². The smallest absolute Gasteiger partial charge is 0.0493 e.